The summed E-state index contributed by atoms with van der Waals surface area (Å²) in [5, 5.41) is 0. The number of nitrogens with two attached hydrogens (primary N) is 1. The van der Waals surface area contributed by atoms with Gasteiger partial charge in [-0.15, -0.1) is 11.3 Å². The summed E-state index contributed by atoms with van der Waals surface area (Å²) in [5.41, 5.74) is 9.76. The third-order valence-electron chi connectivity index (χ3n) is 3.99. The highest BCUT2D eigenvalue weighted by Crippen LogP contribution is 2.49. The minimum atomic E-state index is 0.305. The Morgan fingerprint density at radius 2 is 2.13 bits per heavy atom. The van der Waals surface area contributed by atoms with Gasteiger partial charge in [0.2, 0.25) is 0 Å². The van der Waals surface area contributed by atoms with Gasteiger partial charge >= 0.3 is 0 Å². The van der Waals surface area contributed by atoms with Crippen LogP contribution in [0.5, 0.6) is 0 Å². The number of rotatable bonds is 3. The Morgan fingerprint density at radius 1 is 1.40 bits per heavy atom. The highest BCUT2D eigenvalue weighted by Gasteiger charge is 2.40. The van der Waals surface area contributed by atoms with Crippen molar-refractivity contribution in [3.63, 3.8) is 0 Å². The van der Waals surface area contributed by atoms with E-state index in [0.29, 0.717) is 5.41 Å². The fourth-order valence-corrected chi connectivity index (χ4v) is 4.02. The lowest BCUT2D eigenvalue weighted by Gasteiger charge is -2.26. The Hall–Kier alpha value is -0.410. The molecule has 82 valence electrons. The van der Waals surface area contributed by atoms with Crippen LogP contribution < -0.4 is 5.73 Å². The molecule has 1 aromatic rings. The molecule has 3 rings (SSSR count). The predicted molar refractivity (Wildman–Crippen MR) is 63.3 cm³/mol. The van der Waals surface area contributed by atoms with Crippen molar-refractivity contribution < 1.29 is 0 Å². The van der Waals surface area contributed by atoms with E-state index in [4.69, 9.17) is 5.73 Å². The third kappa shape index (κ3) is 1.53. The van der Waals surface area contributed by atoms with Crippen LogP contribution in [0.3, 0.4) is 0 Å². The van der Waals surface area contributed by atoms with Crippen LogP contribution in [0.15, 0.2) is 5.51 Å². The summed E-state index contributed by atoms with van der Waals surface area (Å²) in [6.45, 7) is 0.814. The molecule has 0 aliphatic heterocycles. The van der Waals surface area contributed by atoms with Crippen molar-refractivity contribution in [2.75, 3.05) is 6.54 Å². The summed E-state index contributed by atoms with van der Waals surface area (Å²) in [4.78, 5) is 6.11. The molecule has 1 aromatic heterocycles. The molecule has 2 saturated carbocycles. The molecule has 2 fully saturated rings. The van der Waals surface area contributed by atoms with Crippen LogP contribution in [0, 0.1) is 0 Å². The van der Waals surface area contributed by atoms with Crippen molar-refractivity contribution in [3.8, 4) is 0 Å². The average Bonchev–Trinajstić information content (AvgIpc) is 2.84. The van der Waals surface area contributed by atoms with Gasteiger partial charge in [0, 0.05) is 22.8 Å². The molecule has 0 atom stereocenters. The molecule has 3 heteroatoms. The fraction of sp³-hybridized carbons (Fsp3) is 0.750. The molecule has 1 heterocycles. The molecule has 0 spiro atoms. The lowest BCUT2D eigenvalue weighted by molar-refractivity contribution is 0.457. The van der Waals surface area contributed by atoms with Gasteiger partial charge in [-0.3, -0.25) is 0 Å². The molecule has 2 aliphatic rings. The zero-order valence-corrected chi connectivity index (χ0v) is 9.85. The quantitative estimate of drug-likeness (QED) is 0.854. The highest BCUT2D eigenvalue weighted by molar-refractivity contribution is 7.10. The number of aromatic nitrogens is 1. The van der Waals surface area contributed by atoms with E-state index in [1.54, 1.807) is 0 Å². The van der Waals surface area contributed by atoms with Crippen LogP contribution in [0.1, 0.15) is 55.0 Å². The smallest absolute Gasteiger partial charge is 0.0798 e. The first-order valence-electron chi connectivity index (χ1n) is 6.00. The first kappa shape index (κ1) is 9.79. The van der Waals surface area contributed by atoms with E-state index in [0.717, 1.165) is 12.5 Å². The zero-order valence-electron chi connectivity index (χ0n) is 9.04. The maximum atomic E-state index is 6.03. The minimum absolute atomic E-state index is 0.305. The second-order valence-corrected chi connectivity index (χ2v) is 5.89. The normalized spacial score (nSPS) is 24.6. The van der Waals surface area contributed by atoms with E-state index >= 15 is 0 Å². The van der Waals surface area contributed by atoms with Crippen LogP contribution in [0.2, 0.25) is 0 Å². The number of hydrogen-bond donors (Lipinski definition) is 1. The lowest BCUT2D eigenvalue weighted by Crippen LogP contribution is -2.32. The summed E-state index contributed by atoms with van der Waals surface area (Å²) in [5.74, 6) is 0.773. The van der Waals surface area contributed by atoms with Crippen LogP contribution in [-0.2, 0) is 5.41 Å². The molecule has 0 radical (unpaired) electrons. The van der Waals surface area contributed by atoms with Crippen molar-refractivity contribution in [2.24, 2.45) is 5.73 Å². The molecule has 0 unspecified atom stereocenters. The molecule has 15 heavy (non-hydrogen) atoms. The first-order valence-corrected chi connectivity index (χ1v) is 6.88. The monoisotopic (exact) mass is 222 g/mol. The van der Waals surface area contributed by atoms with E-state index in [9.17, 15) is 0 Å². The largest absolute Gasteiger partial charge is 0.330 e. The molecule has 2 N–H and O–H groups in total. The van der Waals surface area contributed by atoms with Gasteiger partial charge in [0.25, 0.3) is 0 Å². The van der Waals surface area contributed by atoms with Crippen molar-refractivity contribution in [1.82, 2.24) is 4.98 Å². The number of hydrogen-bond acceptors (Lipinski definition) is 3. The second kappa shape index (κ2) is 3.56. The van der Waals surface area contributed by atoms with E-state index < -0.39 is 0 Å². The molecule has 0 bridgehead atoms. The van der Waals surface area contributed by atoms with Gasteiger partial charge in [-0.2, -0.15) is 0 Å². The first-order chi connectivity index (χ1) is 7.36. The van der Waals surface area contributed by atoms with Crippen molar-refractivity contribution in [3.05, 3.63) is 16.1 Å². The zero-order chi connectivity index (χ0) is 10.3. The van der Waals surface area contributed by atoms with Crippen LogP contribution >= 0.6 is 11.3 Å². The van der Waals surface area contributed by atoms with Crippen LogP contribution in [-0.4, -0.2) is 11.5 Å². The Kier molecular flexibility index (Phi) is 2.33. The third-order valence-corrected chi connectivity index (χ3v) is 5.08. The molecule has 2 aliphatic carbocycles. The van der Waals surface area contributed by atoms with Gasteiger partial charge in [-0.1, -0.05) is 12.8 Å². The minimum Gasteiger partial charge on any atom is -0.330 e. The second-order valence-electron chi connectivity index (χ2n) is 5.03. The number of nitrogens with zero attached hydrogens (tertiary/aromatic N) is 1. The summed E-state index contributed by atoms with van der Waals surface area (Å²) in [7, 11) is 0. The summed E-state index contributed by atoms with van der Waals surface area (Å²) in [6, 6.07) is 0. The Morgan fingerprint density at radius 3 is 2.73 bits per heavy atom. The predicted octanol–water partition coefficient (Wildman–Crippen LogP) is 2.79. The fourth-order valence-electron chi connectivity index (χ4n) is 2.87. The van der Waals surface area contributed by atoms with Gasteiger partial charge < -0.3 is 5.73 Å². The molecular weight excluding hydrogens is 204 g/mol. The van der Waals surface area contributed by atoms with Crippen LogP contribution in [0.4, 0.5) is 0 Å². The molecule has 2 nitrogen and oxygen atoms in total. The SMILES string of the molecule is NCC1(c2scnc2C2CC2)CCCC1. The molecule has 0 saturated heterocycles. The molecule has 0 amide bonds. The Bertz CT molecular complexity index is 348. The van der Waals surface area contributed by atoms with Crippen molar-refractivity contribution in [2.45, 2.75) is 49.9 Å². The van der Waals surface area contributed by atoms with Gasteiger partial charge in [-0.05, 0) is 25.7 Å². The Labute approximate surface area is 94.9 Å². The van der Waals surface area contributed by atoms with E-state index in [1.165, 1.54) is 49.1 Å². The van der Waals surface area contributed by atoms with E-state index in [2.05, 4.69) is 4.98 Å². The maximum Gasteiger partial charge on any atom is 0.0798 e. The standard InChI is InChI=1S/C12H18N2S/c13-7-12(5-1-2-6-12)11-10(9-3-4-9)14-8-15-11/h8-9H,1-7,13H2. The summed E-state index contributed by atoms with van der Waals surface area (Å²) >= 11 is 1.85. The lowest BCUT2D eigenvalue weighted by atomic mass is 9.83. The highest BCUT2D eigenvalue weighted by atomic mass is 32.1. The van der Waals surface area contributed by atoms with Crippen molar-refractivity contribution in [1.29, 1.82) is 0 Å². The maximum absolute atomic E-state index is 6.03. The Balaban J connectivity index is 1.98. The van der Waals surface area contributed by atoms with E-state index in [-0.39, 0.29) is 0 Å². The summed E-state index contributed by atoms with van der Waals surface area (Å²) in [6.07, 6.45) is 7.95. The van der Waals surface area contributed by atoms with Crippen molar-refractivity contribution >= 4 is 11.3 Å². The van der Waals surface area contributed by atoms with Gasteiger partial charge in [0.15, 0.2) is 0 Å². The topological polar surface area (TPSA) is 38.9 Å². The van der Waals surface area contributed by atoms with E-state index in [1.807, 2.05) is 16.8 Å². The average molecular weight is 222 g/mol. The van der Waals surface area contributed by atoms with Crippen LogP contribution in [0.25, 0.3) is 0 Å². The molecule has 0 aromatic carbocycles. The number of thiazole rings is 1. The van der Waals surface area contributed by atoms with Gasteiger partial charge in [-0.25, -0.2) is 4.98 Å². The van der Waals surface area contributed by atoms with Gasteiger partial charge in [0.1, 0.15) is 0 Å². The van der Waals surface area contributed by atoms with Gasteiger partial charge in [0.05, 0.1) is 11.2 Å². The summed E-state index contributed by atoms with van der Waals surface area (Å²) < 4.78 is 0. The molecular formula is C12H18N2S.